The van der Waals surface area contributed by atoms with Crippen LogP contribution in [0.2, 0.25) is 0 Å². The molecule has 2 aliphatic heterocycles. The van der Waals surface area contributed by atoms with Gasteiger partial charge in [-0.1, -0.05) is 12.1 Å². The quantitative estimate of drug-likeness (QED) is 0.755. The number of fused-ring (bicyclic) bond motifs is 2. The van der Waals surface area contributed by atoms with Gasteiger partial charge in [0.05, 0.1) is 35.7 Å². The van der Waals surface area contributed by atoms with Crippen molar-refractivity contribution >= 4 is 20.9 Å². The number of hydrogen-bond donors (Lipinski definition) is 0. The van der Waals surface area contributed by atoms with Crippen LogP contribution in [0, 0.1) is 0 Å². The normalized spacial score (nSPS) is 26.4. The van der Waals surface area contributed by atoms with Crippen LogP contribution in [-0.2, 0) is 28.2 Å². The Labute approximate surface area is 154 Å². The second kappa shape index (κ2) is 6.92. The molecule has 1 aromatic carbocycles. The molecule has 0 aliphatic carbocycles. The lowest BCUT2D eigenvalue weighted by Gasteiger charge is -2.43. The molecule has 2 atom stereocenters. The van der Waals surface area contributed by atoms with Gasteiger partial charge in [0.25, 0.3) is 0 Å². The summed E-state index contributed by atoms with van der Waals surface area (Å²) < 4.78 is 31.9. The lowest BCUT2D eigenvalue weighted by molar-refractivity contribution is 0.0237. The molecule has 3 heterocycles. The van der Waals surface area contributed by atoms with Crippen LogP contribution in [0.4, 0.5) is 0 Å². The number of ether oxygens (including phenoxy) is 1. The van der Waals surface area contributed by atoms with E-state index in [2.05, 4.69) is 20.4 Å². The number of aryl methyl sites for hydroxylation is 1. The summed E-state index contributed by atoms with van der Waals surface area (Å²) in [6.45, 7) is 3.81. The molecule has 0 spiro atoms. The molecule has 1 aromatic heterocycles. The fourth-order valence-electron chi connectivity index (χ4n) is 4.30. The molecule has 26 heavy (non-hydrogen) atoms. The molecule has 0 N–H and O–H groups in total. The zero-order valence-electron chi connectivity index (χ0n) is 15.3. The molecule has 0 saturated carbocycles. The van der Waals surface area contributed by atoms with E-state index >= 15 is 0 Å². The highest BCUT2D eigenvalue weighted by Gasteiger charge is 2.46. The molecular weight excluding hydrogens is 352 g/mol. The minimum atomic E-state index is -3.00. The third kappa shape index (κ3) is 3.26. The van der Waals surface area contributed by atoms with Crippen LogP contribution in [0.3, 0.4) is 0 Å². The fourth-order valence-corrected chi connectivity index (χ4v) is 6.34. The van der Waals surface area contributed by atoms with E-state index in [4.69, 9.17) is 9.72 Å². The average Bonchev–Trinajstić information content (AvgIpc) is 3.11. The lowest BCUT2D eigenvalue weighted by atomic mass is 10.0. The number of imidazole rings is 1. The number of hydrogen-bond acceptors (Lipinski definition) is 6. The first-order valence-corrected chi connectivity index (χ1v) is 10.9. The van der Waals surface area contributed by atoms with E-state index in [1.165, 1.54) is 0 Å². The zero-order valence-corrected chi connectivity index (χ0v) is 16.2. The maximum absolute atomic E-state index is 12.3. The maximum Gasteiger partial charge on any atom is 0.153 e. The van der Waals surface area contributed by atoms with Gasteiger partial charge in [0.15, 0.2) is 9.84 Å². The SMILES string of the molecule is COCCN1CCN(Cc2nc3ccccc3n2C)[C@H]2CS(=O)(=O)C[C@H]21. The molecule has 2 saturated heterocycles. The van der Waals surface area contributed by atoms with E-state index < -0.39 is 9.84 Å². The van der Waals surface area contributed by atoms with Gasteiger partial charge in [0.2, 0.25) is 0 Å². The Morgan fingerprint density at radius 1 is 1.15 bits per heavy atom. The Balaban J connectivity index is 1.57. The van der Waals surface area contributed by atoms with E-state index in [9.17, 15) is 8.42 Å². The van der Waals surface area contributed by atoms with Gasteiger partial charge in [-0.05, 0) is 12.1 Å². The molecule has 8 heteroatoms. The summed E-state index contributed by atoms with van der Waals surface area (Å²) in [6.07, 6.45) is 0. The van der Waals surface area contributed by atoms with Gasteiger partial charge in [-0.25, -0.2) is 13.4 Å². The Morgan fingerprint density at radius 3 is 2.58 bits per heavy atom. The van der Waals surface area contributed by atoms with Crippen LogP contribution in [0.25, 0.3) is 11.0 Å². The number of piperazine rings is 1. The van der Waals surface area contributed by atoms with E-state index in [1.54, 1.807) is 7.11 Å². The Morgan fingerprint density at radius 2 is 1.85 bits per heavy atom. The second-order valence-corrected chi connectivity index (χ2v) is 9.44. The topological polar surface area (TPSA) is 67.7 Å². The molecule has 0 bridgehead atoms. The zero-order chi connectivity index (χ0) is 18.3. The number of methoxy groups -OCH3 is 1. The molecule has 0 amide bonds. The van der Waals surface area contributed by atoms with Crippen LogP contribution in [0.15, 0.2) is 24.3 Å². The van der Waals surface area contributed by atoms with Gasteiger partial charge in [-0.15, -0.1) is 0 Å². The number of benzene rings is 1. The minimum absolute atomic E-state index is 0.0328. The van der Waals surface area contributed by atoms with Crippen molar-refractivity contribution in [3.05, 3.63) is 30.1 Å². The van der Waals surface area contributed by atoms with Crippen LogP contribution in [-0.4, -0.2) is 84.7 Å². The van der Waals surface area contributed by atoms with Crippen molar-refractivity contribution in [2.45, 2.75) is 18.6 Å². The van der Waals surface area contributed by atoms with Crippen molar-refractivity contribution in [3.8, 4) is 0 Å². The van der Waals surface area contributed by atoms with Gasteiger partial charge < -0.3 is 9.30 Å². The summed E-state index contributed by atoms with van der Waals surface area (Å²) in [4.78, 5) is 9.35. The number of sulfone groups is 1. The predicted octanol–water partition coefficient (Wildman–Crippen LogP) is 0.503. The molecule has 7 nitrogen and oxygen atoms in total. The van der Waals surface area contributed by atoms with Gasteiger partial charge in [-0.2, -0.15) is 0 Å². The van der Waals surface area contributed by atoms with Crippen LogP contribution >= 0.6 is 0 Å². The first-order chi connectivity index (χ1) is 12.5. The maximum atomic E-state index is 12.3. The summed E-state index contributed by atoms with van der Waals surface area (Å²) in [5, 5.41) is 0. The highest BCUT2D eigenvalue weighted by Crippen LogP contribution is 2.28. The third-order valence-corrected chi connectivity index (χ3v) is 7.41. The Hall–Kier alpha value is -1.48. The summed E-state index contributed by atoms with van der Waals surface area (Å²) in [5.41, 5.74) is 2.09. The van der Waals surface area contributed by atoms with E-state index in [0.29, 0.717) is 13.2 Å². The van der Waals surface area contributed by atoms with Crippen LogP contribution in [0.5, 0.6) is 0 Å². The van der Waals surface area contributed by atoms with Crippen LogP contribution < -0.4 is 0 Å². The lowest BCUT2D eigenvalue weighted by Crippen LogP contribution is -2.59. The van der Waals surface area contributed by atoms with E-state index in [-0.39, 0.29) is 23.6 Å². The third-order valence-electron chi connectivity index (χ3n) is 5.71. The number of aromatic nitrogens is 2. The molecule has 4 rings (SSSR count). The molecule has 0 radical (unpaired) electrons. The van der Waals surface area contributed by atoms with Crippen LogP contribution in [0.1, 0.15) is 5.82 Å². The molecule has 2 aliphatic rings. The number of para-hydroxylation sites is 2. The summed E-state index contributed by atoms with van der Waals surface area (Å²) in [7, 11) is 0.717. The van der Waals surface area contributed by atoms with Gasteiger partial charge in [0.1, 0.15) is 5.82 Å². The monoisotopic (exact) mass is 378 g/mol. The highest BCUT2D eigenvalue weighted by molar-refractivity contribution is 7.91. The molecule has 142 valence electrons. The Bertz CT molecular complexity index is 895. The average molecular weight is 378 g/mol. The smallest absolute Gasteiger partial charge is 0.153 e. The molecule has 2 aromatic rings. The van der Waals surface area contributed by atoms with Gasteiger partial charge in [-0.3, -0.25) is 9.80 Å². The largest absolute Gasteiger partial charge is 0.383 e. The van der Waals surface area contributed by atoms with Crippen molar-refractivity contribution in [3.63, 3.8) is 0 Å². The number of nitrogens with zero attached hydrogens (tertiary/aromatic N) is 4. The second-order valence-electron chi connectivity index (χ2n) is 7.29. The van der Waals surface area contributed by atoms with Gasteiger partial charge in [0, 0.05) is 45.9 Å². The Kier molecular flexibility index (Phi) is 4.77. The van der Waals surface area contributed by atoms with E-state index in [0.717, 1.165) is 36.5 Å². The molecule has 2 fully saturated rings. The fraction of sp³-hybridized carbons (Fsp3) is 0.611. The van der Waals surface area contributed by atoms with Crippen molar-refractivity contribution < 1.29 is 13.2 Å². The van der Waals surface area contributed by atoms with Gasteiger partial charge >= 0.3 is 0 Å². The highest BCUT2D eigenvalue weighted by atomic mass is 32.2. The van der Waals surface area contributed by atoms with Crippen molar-refractivity contribution in [2.75, 3.05) is 44.9 Å². The van der Waals surface area contributed by atoms with Crippen molar-refractivity contribution in [2.24, 2.45) is 7.05 Å². The van der Waals surface area contributed by atoms with Crippen molar-refractivity contribution in [1.29, 1.82) is 0 Å². The molecular formula is C18H26N4O3S. The summed E-state index contributed by atoms with van der Waals surface area (Å²) in [5.74, 6) is 1.48. The first kappa shape index (κ1) is 17.9. The van der Waals surface area contributed by atoms with Crippen molar-refractivity contribution in [1.82, 2.24) is 19.4 Å². The minimum Gasteiger partial charge on any atom is -0.383 e. The summed E-state index contributed by atoms with van der Waals surface area (Å²) >= 11 is 0. The predicted molar refractivity (Wildman–Crippen MR) is 101 cm³/mol. The number of rotatable bonds is 5. The standard InChI is InChI=1S/C18H26N4O3S/c1-20-15-6-4-3-5-14(15)19-18(20)11-22-8-7-21(9-10-25-2)16-12-26(23,24)13-17(16)22/h3-6,16-17H,7-13H2,1-2H3/t16-,17+/m1/s1. The first-order valence-electron chi connectivity index (χ1n) is 9.06. The summed E-state index contributed by atoms with van der Waals surface area (Å²) in [6, 6.07) is 8.18. The molecule has 0 unspecified atom stereocenters. The van der Waals surface area contributed by atoms with E-state index in [1.807, 2.05) is 25.2 Å².